The number of carbonyl (C=O) groups is 3. The van der Waals surface area contributed by atoms with Gasteiger partial charge >= 0.3 is 0 Å². The van der Waals surface area contributed by atoms with Gasteiger partial charge < -0.3 is 25.4 Å². The monoisotopic (exact) mass is 599 g/mol. The predicted octanol–water partition coefficient (Wildman–Crippen LogP) is 5.97. The molecule has 1 aromatic heterocycles. The Morgan fingerprint density at radius 1 is 1.09 bits per heavy atom. The number of likely N-dealkylation sites (tertiary alicyclic amines) is 2. The van der Waals surface area contributed by atoms with Gasteiger partial charge in [0.1, 0.15) is 0 Å². The highest BCUT2D eigenvalue weighted by Crippen LogP contribution is 2.35. The number of benzene rings is 2. The van der Waals surface area contributed by atoms with Gasteiger partial charge in [0, 0.05) is 52.4 Å². The predicted molar refractivity (Wildman–Crippen MR) is 170 cm³/mol. The molecule has 43 heavy (non-hydrogen) atoms. The van der Waals surface area contributed by atoms with Gasteiger partial charge in [-0.1, -0.05) is 23.7 Å². The second-order valence-electron chi connectivity index (χ2n) is 12.0. The van der Waals surface area contributed by atoms with Crippen LogP contribution in [0.4, 0.5) is 5.69 Å². The molecule has 9 heteroatoms. The summed E-state index contributed by atoms with van der Waals surface area (Å²) in [5, 5.41) is 6.53. The zero-order valence-electron chi connectivity index (χ0n) is 24.9. The Morgan fingerprint density at radius 2 is 1.88 bits per heavy atom. The average Bonchev–Trinajstić information content (AvgIpc) is 3.77. The molecule has 6 rings (SSSR count). The molecule has 2 fully saturated rings. The first-order chi connectivity index (χ1) is 20.7. The minimum atomic E-state index is -0.250. The number of aromatic amines is 1. The number of carbonyl (C=O) groups excluding carboxylic acids is 3. The number of aromatic nitrogens is 1. The molecule has 8 nitrogen and oxygen atoms in total. The zero-order chi connectivity index (χ0) is 30.2. The molecule has 0 unspecified atom stereocenters. The van der Waals surface area contributed by atoms with Crippen molar-refractivity contribution in [1.29, 1.82) is 0 Å². The molecule has 0 saturated carbocycles. The number of rotatable bonds is 7. The number of amides is 3. The lowest BCUT2D eigenvalue weighted by Crippen LogP contribution is -2.42. The van der Waals surface area contributed by atoms with Gasteiger partial charge in [-0.15, -0.1) is 0 Å². The minimum Gasteiger partial charge on any atom is -0.358 e. The zero-order valence-corrected chi connectivity index (χ0v) is 25.7. The molecule has 2 atom stereocenters. The van der Waals surface area contributed by atoms with Gasteiger partial charge in [0.15, 0.2) is 0 Å². The van der Waals surface area contributed by atoms with Crippen LogP contribution in [-0.2, 0) is 4.79 Å². The van der Waals surface area contributed by atoms with Crippen LogP contribution < -0.4 is 10.6 Å². The smallest absolute Gasteiger partial charge is 0.256 e. The number of nitrogens with one attached hydrogen (secondary N) is 3. The summed E-state index contributed by atoms with van der Waals surface area (Å²) in [5.41, 5.74) is 6.12. The van der Waals surface area contributed by atoms with E-state index in [0.29, 0.717) is 33.0 Å². The van der Waals surface area contributed by atoms with Crippen LogP contribution in [0, 0.1) is 13.8 Å². The highest BCUT2D eigenvalue weighted by Gasteiger charge is 2.34. The highest BCUT2D eigenvalue weighted by molar-refractivity contribution is 6.35. The van der Waals surface area contributed by atoms with Crippen molar-refractivity contribution in [3.63, 3.8) is 0 Å². The molecule has 3 aromatic rings. The van der Waals surface area contributed by atoms with E-state index in [2.05, 4.69) is 20.5 Å². The molecule has 2 saturated heterocycles. The van der Waals surface area contributed by atoms with Crippen molar-refractivity contribution in [1.82, 2.24) is 20.1 Å². The summed E-state index contributed by atoms with van der Waals surface area (Å²) in [6.45, 7) is 9.70. The van der Waals surface area contributed by atoms with E-state index in [1.807, 2.05) is 43.9 Å². The average molecular weight is 600 g/mol. The van der Waals surface area contributed by atoms with E-state index in [0.717, 1.165) is 61.5 Å². The fraction of sp³-hybridized carbons (Fsp3) is 0.382. The van der Waals surface area contributed by atoms with Crippen LogP contribution in [0.3, 0.4) is 0 Å². The van der Waals surface area contributed by atoms with Crippen LogP contribution >= 0.6 is 11.6 Å². The van der Waals surface area contributed by atoms with Crippen LogP contribution in [-0.4, -0.2) is 64.7 Å². The van der Waals surface area contributed by atoms with Gasteiger partial charge in [0.2, 0.25) is 0 Å². The maximum absolute atomic E-state index is 13.9. The number of halogens is 1. The van der Waals surface area contributed by atoms with E-state index in [1.54, 1.807) is 30.3 Å². The first-order valence-electron chi connectivity index (χ1n) is 15.2. The van der Waals surface area contributed by atoms with Crippen molar-refractivity contribution in [2.75, 3.05) is 31.5 Å². The lowest BCUT2D eigenvalue weighted by molar-refractivity contribution is -0.110. The second kappa shape index (κ2) is 12.0. The number of fused-ring (bicyclic) bond motifs is 1. The SMILES string of the molecule is Cc1[nH]c(C=C2C(=O)Nc3ccc(C(=O)N[C@H](C)c4cccc(Cl)c4)cc32)c(C)c1C(=O)N1CCC[C@H]1CN1CCCC1. The summed E-state index contributed by atoms with van der Waals surface area (Å²) >= 11 is 6.13. The van der Waals surface area contributed by atoms with Crippen LogP contribution in [0.25, 0.3) is 11.6 Å². The number of nitrogens with zero attached hydrogens (tertiary/aromatic N) is 2. The van der Waals surface area contributed by atoms with Crippen LogP contribution in [0.5, 0.6) is 0 Å². The van der Waals surface area contributed by atoms with Crippen molar-refractivity contribution >= 4 is 46.7 Å². The molecule has 0 aliphatic carbocycles. The molecular weight excluding hydrogens is 562 g/mol. The quantitative estimate of drug-likeness (QED) is 0.292. The van der Waals surface area contributed by atoms with Crippen molar-refractivity contribution < 1.29 is 14.4 Å². The Balaban J connectivity index is 1.24. The number of aryl methyl sites for hydroxylation is 1. The number of hydrogen-bond acceptors (Lipinski definition) is 4. The fourth-order valence-corrected chi connectivity index (χ4v) is 6.89. The van der Waals surface area contributed by atoms with Crippen LogP contribution in [0.1, 0.15) is 87.4 Å². The summed E-state index contributed by atoms with van der Waals surface area (Å²) in [5.74, 6) is -0.436. The largest absolute Gasteiger partial charge is 0.358 e. The molecule has 224 valence electrons. The van der Waals surface area contributed by atoms with E-state index in [-0.39, 0.29) is 29.8 Å². The summed E-state index contributed by atoms with van der Waals surface area (Å²) in [6, 6.07) is 12.6. The van der Waals surface area contributed by atoms with E-state index in [4.69, 9.17) is 11.6 Å². The Morgan fingerprint density at radius 3 is 2.65 bits per heavy atom. The van der Waals surface area contributed by atoms with E-state index in [9.17, 15) is 14.4 Å². The van der Waals surface area contributed by atoms with E-state index < -0.39 is 0 Å². The van der Waals surface area contributed by atoms with Gasteiger partial charge in [-0.2, -0.15) is 0 Å². The van der Waals surface area contributed by atoms with Crippen LogP contribution in [0.2, 0.25) is 5.02 Å². The van der Waals surface area contributed by atoms with Crippen molar-refractivity contribution in [2.24, 2.45) is 0 Å². The van der Waals surface area contributed by atoms with Crippen molar-refractivity contribution in [2.45, 2.75) is 58.5 Å². The van der Waals surface area contributed by atoms with Gasteiger partial charge in [0.25, 0.3) is 17.7 Å². The molecule has 3 aliphatic rings. The minimum absolute atomic E-state index is 0.0571. The normalized spacial score (nSPS) is 20.0. The fourth-order valence-electron chi connectivity index (χ4n) is 6.70. The third-order valence-corrected chi connectivity index (χ3v) is 9.28. The molecule has 3 aliphatic heterocycles. The first-order valence-corrected chi connectivity index (χ1v) is 15.5. The first kappa shape index (κ1) is 29.2. The van der Waals surface area contributed by atoms with E-state index >= 15 is 0 Å². The topological polar surface area (TPSA) is 97.5 Å². The summed E-state index contributed by atoms with van der Waals surface area (Å²) in [6.07, 6.45) is 6.32. The van der Waals surface area contributed by atoms with Gasteiger partial charge in [-0.25, -0.2) is 0 Å². The third kappa shape index (κ3) is 5.86. The molecule has 0 spiro atoms. The summed E-state index contributed by atoms with van der Waals surface area (Å²) < 4.78 is 0. The Bertz CT molecular complexity index is 1620. The van der Waals surface area contributed by atoms with Crippen molar-refractivity contribution in [3.8, 4) is 0 Å². The lowest BCUT2D eigenvalue weighted by atomic mass is 10.0. The molecule has 0 radical (unpaired) electrons. The van der Waals surface area contributed by atoms with E-state index in [1.165, 1.54) is 12.8 Å². The number of H-pyrrole nitrogens is 1. The maximum Gasteiger partial charge on any atom is 0.256 e. The summed E-state index contributed by atoms with van der Waals surface area (Å²) in [4.78, 5) is 48.0. The number of anilines is 1. The second-order valence-corrected chi connectivity index (χ2v) is 12.4. The Hall–Kier alpha value is -3.88. The summed E-state index contributed by atoms with van der Waals surface area (Å²) in [7, 11) is 0. The third-order valence-electron chi connectivity index (χ3n) is 9.05. The molecule has 0 bridgehead atoms. The van der Waals surface area contributed by atoms with Crippen molar-refractivity contribution in [3.05, 3.63) is 86.7 Å². The Labute approximate surface area is 257 Å². The molecular formula is C34H38ClN5O3. The maximum atomic E-state index is 13.9. The molecule has 3 amide bonds. The highest BCUT2D eigenvalue weighted by atomic mass is 35.5. The molecule has 2 aromatic carbocycles. The van der Waals surface area contributed by atoms with Gasteiger partial charge in [0.05, 0.1) is 17.2 Å². The van der Waals surface area contributed by atoms with Crippen LogP contribution in [0.15, 0.2) is 42.5 Å². The van der Waals surface area contributed by atoms with Gasteiger partial charge in [-0.05, 0) is 107 Å². The Kier molecular flexibility index (Phi) is 8.16. The standard InChI is InChI=1S/C34H38ClN5O3/c1-20-30(36-22(3)31(20)34(43)40-15-7-10-26(40)19-39-13-4-5-14-39)18-28-27-17-24(11-12-29(27)38-33(28)42)32(41)37-21(2)23-8-6-9-25(35)16-23/h6,8-9,11-12,16-18,21,26,36H,4-5,7,10,13-15,19H2,1-3H3,(H,37,41)(H,38,42)/t21-,26+/m1/s1. The lowest BCUT2D eigenvalue weighted by Gasteiger charge is -2.28. The number of hydrogen-bond donors (Lipinski definition) is 3. The van der Waals surface area contributed by atoms with Gasteiger partial charge in [-0.3, -0.25) is 14.4 Å². The molecule has 3 N–H and O–H groups in total. The molecule has 4 heterocycles.